The number of hydrogen-bond acceptors (Lipinski definition) is 10. The van der Waals surface area contributed by atoms with Gasteiger partial charge in [0, 0.05) is 49.8 Å². The third-order valence-corrected chi connectivity index (χ3v) is 13.7. The van der Waals surface area contributed by atoms with E-state index in [-0.39, 0.29) is 48.6 Å². The van der Waals surface area contributed by atoms with Gasteiger partial charge < -0.3 is 20.2 Å². The molecule has 3 atom stereocenters. The van der Waals surface area contributed by atoms with E-state index in [0.29, 0.717) is 41.0 Å². The van der Waals surface area contributed by atoms with Crippen LogP contribution in [0.5, 0.6) is 0 Å². The lowest BCUT2D eigenvalue weighted by atomic mass is 9.81. The molecule has 13 nitrogen and oxygen atoms in total. The van der Waals surface area contributed by atoms with Gasteiger partial charge in [-0.3, -0.25) is 28.8 Å². The molecule has 0 radical (unpaired) electrons. The van der Waals surface area contributed by atoms with Crippen LogP contribution in [-0.2, 0) is 28.4 Å². The van der Waals surface area contributed by atoms with E-state index < -0.39 is 47.2 Å². The van der Waals surface area contributed by atoms with Gasteiger partial charge in [-0.2, -0.15) is 13.2 Å². The number of pyridine rings is 1. The van der Waals surface area contributed by atoms with Crippen LogP contribution < -0.4 is 21.2 Å². The van der Waals surface area contributed by atoms with Crippen molar-refractivity contribution in [3.63, 3.8) is 0 Å². The second-order valence-corrected chi connectivity index (χ2v) is 18.2. The largest absolute Gasteiger partial charge is 0.433 e. The number of nitrogens with zero attached hydrogens (tertiary/aromatic N) is 6. The Morgan fingerprint density at radius 2 is 1.75 bits per heavy atom. The smallest absolute Gasteiger partial charge is 0.386 e. The summed E-state index contributed by atoms with van der Waals surface area (Å²) in [6, 6.07) is 10.9. The van der Waals surface area contributed by atoms with Crippen LogP contribution in [0.15, 0.2) is 53.3 Å². The zero-order valence-electron chi connectivity index (χ0n) is 34.3. The van der Waals surface area contributed by atoms with Gasteiger partial charge in [0.2, 0.25) is 11.8 Å². The van der Waals surface area contributed by atoms with Gasteiger partial charge in [-0.05, 0) is 102 Å². The van der Waals surface area contributed by atoms with Gasteiger partial charge in [-0.1, -0.05) is 12.1 Å². The standard InChI is InChI=1S/C43H48F4N8O5S/c1-42(2,60)25-19-29-34(20-28(25)49-38(57)27-7-5-10-35(48-27)43(45,46)47)61-40(50-29)24-13-11-23(12-14-24)21-52(3)30-17-18-54(22-26(30)44)31-8-6-9-32-37(31)53(4)41(59)55(32)33-15-16-36(56)51-39(33)58/h5-10,19-20,23-24,26,30,33,60H,11-18,21-22H2,1-4H3,(H,49,57)(H,51,56,58)/t23?,24?,26-,30-,33?/m1/s1. The molecule has 3 N–H and O–H groups in total. The van der Waals surface area contributed by atoms with Gasteiger partial charge >= 0.3 is 11.9 Å². The molecule has 0 bridgehead atoms. The molecule has 18 heteroatoms. The maximum atomic E-state index is 16.2. The van der Waals surface area contributed by atoms with Crippen LogP contribution in [-0.4, -0.2) is 85.7 Å². The first-order valence-electron chi connectivity index (χ1n) is 20.5. The number of anilines is 2. The van der Waals surface area contributed by atoms with Crippen molar-refractivity contribution in [1.29, 1.82) is 0 Å². The number of carbonyl (C=O) groups is 3. The number of para-hydroxylation sites is 1. The number of hydrogen-bond donors (Lipinski definition) is 3. The Bertz CT molecular complexity index is 2570. The minimum Gasteiger partial charge on any atom is -0.386 e. The fraction of sp³-hybridized carbons (Fsp3) is 0.488. The number of piperidine rings is 2. The van der Waals surface area contributed by atoms with E-state index in [1.165, 1.54) is 26.5 Å². The molecule has 1 saturated carbocycles. The summed E-state index contributed by atoms with van der Waals surface area (Å²) in [4.78, 5) is 63.6. The van der Waals surface area contributed by atoms with Crippen molar-refractivity contribution in [3.8, 4) is 0 Å². The number of thiazole rings is 1. The third-order valence-electron chi connectivity index (χ3n) is 12.5. The molecule has 5 heterocycles. The summed E-state index contributed by atoms with van der Waals surface area (Å²) < 4.78 is 59.7. The maximum absolute atomic E-state index is 16.2. The Morgan fingerprint density at radius 1 is 1.02 bits per heavy atom. The third kappa shape index (κ3) is 8.41. The molecule has 1 unspecified atom stereocenters. The first kappa shape index (κ1) is 42.5. The molecule has 3 amide bonds. The molecule has 8 rings (SSSR count). The number of benzene rings is 2. The lowest BCUT2D eigenvalue weighted by Crippen LogP contribution is -2.52. The molecule has 324 valence electrons. The Morgan fingerprint density at radius 3 is 2.44 bits per heavy atom. The van der Waals surface area contributed by atoms with Gasteiger partial charge in [-0.15, -0.1) is 11.3 Å². The molecule has 61 heavy (non-hydrogen) atoms. The first-order valence-corrected chi connectivity index (χ1v) is 21.3. The molecule has 5 aromatic rings. The average molecular weight is 865 g/mol. The topological polar surface area (TPSA) is 155 Å². The lowest BCUT2D eigenvalue weighted by Gasteiger charge is -2.42. The minimum atomic E-state index is -4.71. The summed E-state index contributed by atoms with van der Waals surface area (Å²) in [7, 11) is 3.63. The van der Waals surface area contributed by atoms with Crippen LogP contribution in [0.25, 0.3) is 21.3 Å². The van der Waals surface area contributed by atoms with E-state index >= 15 is 4.39 Å². The van der Waals surface area contributed by atoms with E-state index in [1.54, 1.807) is 39.1 Å². The fourth-order valence-corrected chi connectivity index (χ4v) is 10.5. The van der Waals surface area contributed by atoms with Crippen LogP contribution in [0.1, 0.15) is 97.5 Å². The highest BCUT2D eigenvalue weighted by molar-refractivity contribution is 7.18. The highest BCUT2D eigenvalue weighted by Gasteiger charge is 2.37. The number of rotatable bonds is 9. The van der Waals surface area contributed by atoms with Crippen LogP contribution in [0.3, 0.4) is 0 Å². The molecule has 3 aromatic heterocycles. The number of carbonyl (C=O) groups excluding carboxylic acids is 3. The molecule has 2 saturated heterocycles. The van der Waals surface area contributed by atoms with Crippen LogP contribution >= 0.6 is 11.3 Å². The Hall–Kier alpha value is -5.20. The van der Waals surface area contributed by atoms with Gasteiger partial charge in [0.1, 0.15) is 23.6 Å². The van der Waals surface area contributed by atoms with Crippen molar-refractivity contribution in [2.24, 2.45) is 13.0 Å². The number of aromatic nitrogens is 4. The van der Waals surface area contributed by atoms with Crippen molar-refractivity contribution in [3.05, 3.63) is 81.0 Å². The van der Waals surface area contributed by atoms with E-state index in [2.05, 4.69) is 20.5 Å². The molecule has 2 aliphatic heterocycles. The number of halogens is 4. The molecule has 3 fully saturated rings. The summed E-state index contributed by atoms with van der Waals surface area (Å²) in [5.41, 5.74) is -0.153. The van der Waals surface area contributed by atoms with Gasteiger partial charge in [0.05, 0.1) is 44.1 Å². The quantitative estimate of drug-likeness (QED) is 0.109. The lowest BCUT2D eigenvalue weighted by molar-refractivity contribution is -0.141. The highest BCUT2D eigenvalue weighted by Crippen LogP contribution is 2.42. The monoisotopic (exact) mass is 864 g/mol. The van der Waals surface area contributed by atoms with E-state index in [4.69, 9.17) is 4.98 Å². The number of imide groups is 1. The maximum Gasteiger partial charge on any atom is 0.433 e. The van der Waals surface area contributed by atoms with Crippen molar-refractivity contribution >= 4 is 61.7 Å². The molecular weight excluding hydrogens is 817 g/mol. The number of amides is 3. The Kier molecular flexibility index (Phi) is 11.3. The van der Waals surface area contributed by atoms with Crippen molar-refractivity contribution in [2.45, 2.75) is 94.7 Å². The van der Waals surface area contributed by atoms with Gasteiger partial charge in [-0.25, -0.2) is 19.2 Å². The fourth-order valence-electron chi connectivity index (χ4n) is 9.33. The summed E-state index contributed by atoms with van der Waals surface area (Å²) in [5.74, 6) is -1.14. The zero-order valence-corrected chi connectivity index (χ0v) is 35.1. The van der Waals surface area contributed by atoms with Crippen molar-refractivity contribution in [2.75, 3.05) is 36.9 Å². The second kappa shape index (κ2) is 16.2. The van der Waals surface area contributed by atoms with Crippen molar-refractivity contribution in [1.82, 2.24) is 29.3 Å². The summed E-state index contributed by atoms with van der Waals surface area (Å²) in [6.45, 7) is 4.60. The predicted molar refractivity (Wildman–Crippen MR) is 223 cm³/mol. The van der Waals surface area contributed by atoms with E-state index in [0.717, 1.165) is 59.8 Å². The van der Waals surface area contributed by atoms with Gasteiger partial charge in [0.15, 0.2) is 0 Å². The molecule has 0 spiro atoms. The van der Waals surface area contributed by atoms with Gasteiger partial charge in [0.25, 0.3) is 5.91 Å². The number of aliphatic hydroxyl groups is 1. The molecular formula is C43H48F4N8O5S. The normalized spacial score (nSPS) is 22.9. The molecule has 1 aliphatic carbocycles. The molecule has 2 aromatic carbocycles. The van der Waals surface area contributed by atoms with Crippen LogP contribution in [0.4, 0.5) is 28.9 Å². The van der Waals surface area contributed by atoms with E-state index in [9.17, 15) is 37.5 Å². The Balaban J connectivity index is 0.900. The number of nitrogens with one attached hydrogen (secondary N) is 2. The Labute approximate surface area is 352 Å². The highest BCUT2D eigenvalue weighted by atomic mass is 32.1. The SMILES string of the molecule is CN(CC1CCC(c2nc3cc(C(C)(C)O)c(NC(=O)c4cccc(C(F)(F)F)n4)cc3s2)CC1)[C@@H]1CCN(c2cccc3c2n(C)c(=O)n3C2CCC(=O)NC2=O)C[C@H]1F. The summed E-state index contributed by atoms with van der Waals surface area (Å²) >= 11 is 1.49. The molecule has 3 aliphatic rings. The summed E-state index contributed by atoms with van der Waals surface area (Å²) in [6.07, 6.45) is -1.26. The number of imidazole rings is 1. The minimum absolute atomic E-state index is 0.142. The van der Waals surface area contributed by atoms with Crippen LogP contribution in [0.2, 0.25) is 0 Å². The van der Waals surface area contributed by atoms with Crippen molar-refractivity contribution < 1.29 is 37.1 Å². The van der Waals surface area contributed by atoms with Crippen LogP contribution in [0, 0.1) is 5.92 Å². The zero-order chi connectivity index (χ0) is 43.5. The number of aryl methyl sites for hydroxylation is 1. The first-order chi connectivity index (χ1) is 28.9. The number of alkyl halides is 4. The summed E-state index contributed by atoms with van der Waals surface area (Å²) in [5, 5.41) is 16.9. The second-order valence-electron chi connectivity index (χ2n) is 17.1. The average Bonchev–Trinajstić information content (AvgIpc) is 3.74. The predicted octanol–water partition coefficient (Wildman–Crippen LogP) is 6.64. The number of fused-ring (bicyclic) bond motifs is 2. The van der Waals surface area contributed by atoms with E-state index in [1.807, 2.05) is 24.1 Å².